The van der Waals surface area contributed by atoms with Crippen LogP contribution in [0.25, 0.3) is 29.1 Å². The topological polar surface area (TPSA) is 43.7 Å². The van der Waals surface area contributed by atoms with Gasteiger partial charge in [0.25, 0.3) is 0 Å². The maximum atomic E-state index is 6.48. The van der Waals surface area contributed by atoms with E-state index < -0.39 is 0 Å². The molecule has 4 aliphatic rings. The molecule has 0 fully saturated rings. The minimum absolute atomic E-state index is 0.688. The molecule has 226 valence electrons. The number of furan rings is 1. The van der Waals surface area contributed by atoms with E-state index >= 15 is 0 Å². The van der Waals surface area contributed by atoms with Crippen LogP contribution in [0.4, 0.5) is 22.7 Å². The second-order valence-corrected chi connectivity index (χ2v) is 12.0. The first-order chi connectivity index (χ1) is 23.3. The van der Waals surface area contributed by atoms with Crippen LogP contribution in [0.2, 0.25) is 0 Å². The molecule has 0 amide bonds. The highest BCUT2D eigenvalue weighted by Gasteiger charge is 2.31. The molecular weight excluding hydrogens is 576 g/mol. The number of rotatable bonds is 3. The van der Waals surface area contributed by atoms with E-state index in [4.69, 9.17) is 4.42 Å². The molecule has 0 saturated carbocycles. The van der Waals surface area contributed by atoms with Gasteiger partial charge in [0.1, 0.15) is 11.2 Å². The van der Waals surface area contributed by atoms with Crippen molar-refractivity contribution in [3.05, 3.63) is 185 Å². The number of nitrogens with one attached hydrogen (secondary N) is 2. The molecular formula is C42H32N4O. The molecule has 0 spiro atoms. The third kappa shape index (κ3) is 4.39. The number of para-hydroxylation sites is 3. The van der Waals surface area contributed by atoms with Crippen molar-refractivity contribution in [1.82, 2.24) is 10.6 Å². The summed E-state index contributed by atoms with van der Waals surface area (Å²) in [7, 11) is 0. The summed E-state index contributed by atoms with van der Waals surface area (Å²) in [6.45, 7) is 6.05. The fraction of sp³-hybridized carbons (Fsp3) is 0.0476. The first-order valence-electron chi connectivity index (χ1n) is 16.0. The largest absolute Gasteiger partial charge is 0.456 e. The highest BCUT2D eigenvalue weighted by Crippen LogP contribution is 2.51. The fourth-order valence-electron chi connectivity index (χ4n) is 7.15. The monoisotopic (exact) mass is 608 g/mol. The Morgan fingerprint density at radius 3 is 2.34 bits per heavy atom. The molecule has 0 radical (unpaired) electrons. The maximum absolute atomic E-state index is 6.48. The minimum atomic E-state index is 0.688. The van der Waals surface area contributed by atoms with Gasteiger partial charge in [-0.15, -0.1) is 0 Å². The van der Waals surface area contributed by atoms with Gasteiger partial charge < -0.3 is 24.9 Å². The molecule has 0 unspecified atom stereocenters. The summed E-state index contributed by atoms with van der Waals surface area (Å²) in [5, 5.41) is 7.97. The van der Waals surface area contributed by atoms with Gasteiger partial charge in [-0.1, -0.05) is 85.5 Å². The molecule has 47 heavy (non-hydrogen) atoms. The SMILES string of the molecule is C=C1/C=C\C=C/N(c2ccccc2)C2=C1c1ccccc1N(c1cccc(C3=c4oc5c(c4=CNC3)CNC=C5)c1)c1ccccc12. The minimum Gasteiger partial charge on any atom is -0.456 e. The highest BCUT2D eigenvalue weighted by atomic mass is 16.3. The second-order valence-electron chi connectivity index (χ2n) is 12.0. The Morgan fingerprint density at radius 2 is 1.47 bits per heavy atom. The van der Waals surface area contributed by atoms with E-state index in [9.17, 15) is 0 Å². The molecule has 4 aliphatic heterocycles. The van der Waals surface area contributed by atoms with E-state index in [1.807, 2.05) is 12.3 Å². The zero-order valence-corrected chi connectivity index (χ0v) is 25.8. The average Bonchev–Trinajstić information content (AvgIpc) is 3.45. The van der Waals surface area contributed by atoms with Gasteiger partial charge in [0.2, 0.25) is 0 Å². The standard InChI is InChI=1S/C42H32N4O/c1-28-12-9-10-23-45(30-14-3-2-4-15-30)41-33-18-6-8-20-38(33)46(37-19-7-5-17-32(37)40(28)41)31-16-11-13-29(24-31)34-25-44-27-36-35-26-43-22-21-39(35)47-42(34)36/h2-24,27,43-44H,1,25-26H2/b12-9-,23-10-. The Morgan fingerprint density at radius 1 is 0.702 bits per heavy atom. The van der Waals surface area contributed by atoms with Gasteiger partial charge in [-0.2, -0.15) is 0 Å². The Bertz CT molecular complexity index is 2340. The Hall–Kier alpha value is -6.20. The van der Waals surface area contributed by atoms with Gasteiger partial charge >= 0.3 is 0 Å². The van der Waals surface area contributed by atoms with E-state index in [1.165, 1.54) is 5.56 Å². The number of nitrogens with zero attached hydrogens (tertiary/aromatic N) is 2. The van der Waals surface area contributed by atoms with Crippen molar-refractivity contribution in [2.45, 2.75) is 6.54 Å². The van der Waals surface area contributed by atoms with Crippen molar-refractivity contribution in [1.29, 1.82) is 0 Å². The van der Waals surface area contributed by atoms with Crippen molar-refractivity contribution < 1.29 is 4.42 Å². The summed E-state index contributed by atoms with van der Waals surface area (Å²) in [6, 6.07) is 36.8. The smallest absolute Gasteiger partial charge is 0.142 e. The van der Waals surface area contributed by atoms with Crippen molar-refractivity contribution in [2.75, 3.05) is 16.3 Å². The van der Waals surface area contributed by atoms with Crippen LogP contribution in [-0.2, 0) is 6.54 Å². The van der Waals surface area contributed by atoms with Crippen LogP contribution < -0.4 is 31.1 Å². The number of fused-ring (bicyclic) bond motifs is 7. The van der Waals surface area contributed by atoms with Crippen LogP contribution in [0.1, 0.15) is 28.0 Å². The average molecular weight is 609 g/mol. The molecule has 5 nitrogen and oxygen atoms in total. The van der Waals surface area contributed by atoms with E-state index in [-0.39, 0.29) is 0 Å². The predicted molar refractivity (Wildman–Crippen MR) is 193 cm³/mol. The molecule has 0 atom stereocenters. The van der Waals surface area contributed by atoms with E-state index in [0.29, 0.717) is 6.54 Å². The van der Waals surface area contributed by atoms with E-state index in [1.54, 1.807) is 0 Å². The number of hydrogen-bond acceptors (Lipinski definition) is 5. The van der Waals surface area contributed by atoms with Crippen LogP contribution in [0.3, 0.4) is 0 Å². The van der Waals surface area contributed by atoms with Gasteiger partial charge in [-0.3, -0.25) is 0 Å². The Labute approximate surface area is 273 Å². The van der Waals surface area contributed by atoms with Crippen LogP contribution in [0, 0.1) is 0 Å². The maximum Gasteiger partial charge on any atom is 0.142 e. The molecule has 9 rings (SSSR count). The second kappa shape index (κ2) is 11.0. The van der Waals surface area contributed by atoms with Gasteiger partial charge in [0.15, 0.2) is 0 Å². The van der Waals surface area contributed by atoms with Crippen LogP contribution >= 0.6 is 0 Å². The lowest BCUT2D eigenvalue weighted by atomic mass is 9.91. The predicted octanol–water partition coefficient (Wildman–Crippen LogP) is 7.69. The summed E-state index contributed by atoms with van der Waals surface area (Å²) in [5.41, 5.74) is 14.1. The first kappa shape index (κ1) is 27.1. The lowest BCUT2D eigenvalue weighted by Crippen LogP contribution is -2.36. The van der Waals surface area contributed by atoms with Crippen molar-refractivity contribution in [2.24, 2.45) is 0 Å². The Balaban J connectivity index is 1.29. The van der Waals surface area contributed by atoms with Crippen LogP contribution in [0.15, 0.2) is 150 Å². The van der Waals surface area contributed by atoms with Gasteiger partial charge in [-0.25, -0.2) is 0 Å². The Kier molecular flexibility index (Phi) is 6.35. The summed E-state index contributed by atoms with van der Waals surface area (Å²) >= 11 is 0. The zero-order chi connectivity index (χ0) is 31.3. The molecule has 5 aromatic rings. The molecule has 4 aromatic carbocycles. The molecule has 0 saturated heterocycles. The molecule has 5 heteroatoms. The number of anilines is 4. The molecule has 0 aliphatic carbocycles. The quantitative estimate of drug-likeness (QED) is 0.220. The summed E-state index contributed by atoms with van der Waals surface area (Å²) in [5.74, 6) is 0.924. The van der Waals surface area contributed by atoms with E-state index in [0.717, 1.165) is 84.8 Å². The molecule has 0 bridgehead atoms. The molecule has 5 heterocycles. The normalized spacial score (nSPS) is 17.4. The van der Waals surface area contributed by atoms with Crippen molar-refractivity contribution in [3.63, 3.8) is 0 Å². The molecule has 2 N–H and O–H groups in total. The number of benzene rings is 4. The van der Waals surface area contributed by atoms with Crippen molar-refractivity contribution >= 4 is 51.9 Å². The van der Waals surface area contributed by atoms with Crippen LogP contribution in [0.5, 0.6) is 0 Å². The van der Waals surface area contributed by atoms with Crippen LogP contribution in [-0.4, -0.2) is 6.54 Å². The van der Waals surface area contributed by atoms with Gasteiger partial charge in [0.05, 0.1) is 17.1 Å². The number of allylic oxidation sites excluding steroid dienone is 5. The summed E-state index contributed by atoms with van der Waals surface area (Å²) < 4.78 is 6.48. The van der Waals surface area contributed by atoms with Gasteiger partial charge in [-0.05, 0) is 59.7 Å². The number of hydrogen-bond donors (Lipinski definition) is 2. The third-order valence-electron chi connectivity index (χ3n) is 9.25. The fourth-order valence-corrected chi connectivity index (χ4v) is 7.15. The zero-order valence-electron chi connectivity index (χ0n) is 25.8. The molecule has 1 aromatic heterocycles. The third-order valence-corrected chi connectivity index (χ3v) is 9.25. The highest BCUT2D eigenvalue weighted by molar-refractivity contribution is 6.12. The van der Waals surface area contributed by atoms with Crippen molar-refractivity contribution in [3.8, 4) is 0 Å². The lowest BCUT2D eigenvalue weighted by Gasteiger charge is -2.30. The van der Waals surface area contributed by atoms with E-state index in [2.05, 4.69) is 161 Å². The summed E-state index contributed by atoms with van der Waals surface area (Å²) in [6.07, 6.45) is 14.5. The summed E-state index contributed by atoms with van der Waals surface area (Å²) in [4.78, 5) is 4.69. The lowest BCUT2D eigenvalue weighted by molar-refractivity contribution is 0.511. The van der Waals surface area contributed by atoms with Gasteiger partial charge in [0, 0.05) is 76.1 Å². The first-order valence-corrected chi connectivity index (χ1v) is 16.0.